The molecule has 23 heavy (non-hydrogen) atoms. The number of hydrogen-bond donors (Lipinski definition) is 1. The van der Waals surface area contributed by atoms with Crippen molar-refractivity contribution < 1.29 is 17.2 Å². The molecule has 0 radical (unpaired) electrons. The molecule has 0 fully saturated rings. The molecule has 0 aliphatic heterocycles. The zero-order valence-corrected chi connectivity index (χ0v) is 14.3. The molecule has 0 amide bonds. The summed E-state index contributed by atoms with van der Waals surface area (Å²) in [5.74, 6) is -1.89. The van der Waals surface area contributed by atoms with Crippen molar-refractivity contribution in [3.63, 3.8) is 0 Å². The van der Waals surface area contributed by atoms with E-state index in [4.69, 9.17) is 23.2 Å². The minimum Gasteiger partial charge on any atom is -0.276 e. The first-order valence-corrected chi connectivity index (χ1v) is 9.24. The first kappa shape index (κ1) is 16.4. The highest BCUT2D eigenvalue weighted by molar-refractivity contribution is 7.93. The molecule has 2 aromatic carbocycles. The summed E-state index contributed by atoms with van der Waals surface area (Å²) in [5, 5.41) is 1.90. The maximum Gasteiger partial charge on any atom is 0.263 e. The van der Waals surface area contributed by atoms with E-state index in [0.717, 1.165) is 0 Å². The van der Waals surface area contributed by atoms with Gasteiger partial charge in [-0.25, -0.2) is 17.2 Å². The molecule has 3 nitrogen and oxygen atoms in total. The predicted molar refractivity (Wildman–Crippen MR) is 89.0 cm³/mol. The number of benzene rings is 2. The van der Waals surface area contributed by atoms with Crippen LogP contribution in [0, 0.1) is 11.6 Å². The van der Waals surface area contributed by atoms with Gasteiger partial charge >= 0.3 is 0 Å². The smallest absolute Gasteiger partial charge is 0.263 e. The number of fused-ring (bicyclic) bond motifs is 1. The van der Waals surface area contributed by atoms with Crippen molar-refractivity contribution in [3.05, 3.63) is 57.4 Å². The minimum atomic E-state index is -4.09. The second-order valence-corrected chi connectivity index (χ2v) is 8.00. The molecule has 1 aromatic heterocycles. The molecule has 120 valence electrons. The van der Waals surface area contributed by atoms with Crippen molar-refractivity contribution in [1.29, 1.82) is 0 Å². The normalized spacial score (nSPS) is 11.8. The average Bonchev–Trinajstić information content (AvgIpc) is 2.88. The Labute approximate surface area is 144 Å². The van der Waals surface area contributed by atoms with Gasteiger partial charge in [0.25, 0.3) is 10.0 Å². The van der Waals surface area contributed by atoms with E-state index in [2.05, 4.69) is 0 Å². The Morgan fingerprint density at radius 1 is 1.04 bits per heavy atom. The Bertz CT molecular complexity index is 1020. The molecule has 0 bridgehead atoms. The zero-order valence-electron chi connectivity index (χ0n) is 11.1. The first-order valence-electron chi connectivity index (χ1n) is 6.12. The lowest BCUT2D eigenvalue weighted by molar-refractivity contribution is 0.595. The quantitative estimate of drug-likeness (QED) is 0.614. The summed E-state index contributed by atoms with van der Waals surface area (Å²) in [6.45, 7) is 0. The van der Waals surface area contributed by atoms with E-state index in [-0.39, 0.29) is 4.90 Å². The third-order valence-corrected chi connectivity index (χ3v) is 6.07. The number of nitrogens with one attached hydrogen (secondary N) is 1. The molecule has 1 heterocycles. The SMILES string of the molecule is O=S(=O)(Nc1cc(F)c(Cl)cc1F)c1csc2cc(Cl)ccc12. The number of hydrogen-bond acceptors (Lipinski definition) is 3. The van der Waals surface area contributed by atoms with Crippen molar-refractivity contribution in [2.75, 3.05) is 4.72 Å². The summed E-state index contributed by atoms with van der Waals surface area (Å²) >= 11 is 12.5. The van der Waals surface area contributed by atoms with Crippen LogP contribution >= 0.6 is 34.5 Å². The molecule has 0 saturated heterocycles. The van der Waals surface area contributed by atoms with E-state index in [1.54, 1.807) is 18.2 Å². The largest absolute Gasteiger partial charge is 0.276 e. The lowest BCUT2D eigenvalue weighted by atomic mass is 10.3. The monoisotopic (exact) mass is 393 g/mol. The fraction of sp³-hybridized carbons (Fsp3) is 0. The van der Waals surface area contributed by atoms with Gasteiger partial charge in [0.1, 0.15) is 16.5 Å². The maximum atomic E-state index is 13.8. The lowest BCUT2D eigenvalue weighted by Gasteiger charge is -2.09. The summed E-state index contributed by atoms with van der Waals surface area (Å²) in [4.78, 5) is -0.0380. The van der Waals surface area contributed by atoms with E-state index in [9.17, 15) is 17.2 Å². The van der Waals surface area contributed by atoms with Crippen LogP contribution in [0.2, 0.25) is 10.0 Å². The highest BCUT2D eigenvalue weighted by Gasteiger charge is 2.21. The second kappa shape index (κ2) is 5.90. The Hall–Kier alpha value is -1.41. The first-order chi connectivity index (χ1) is 10.8. The number of anilines is 1. The molecule has 1 N–H and O–H groups in total. The Kier molecular flexibility index (Phi) is 4.22. The molecule has 9 heteroatoms. The van der Waals surface area contributed by atoms with Crippen molar-refractivity contribution in [2.45, 2.75) is 4.90 Å². The van der Waals surface area contributed by atoms with E-state index in [1.165, 1.54) is 16.7 Å². The second-order valence-electron chi connectivity index (χ2n) is 4.59. The lowest BCUT2D eigenvalue weighted by Crippen LogP contribution is -2.13. The zero-order chi connectivity index (χ0) is 16.8. The van der Waals surface area contributed by atoms with Gasteiger partial charge in [-0.3, -0.25) is 4.72 Å². The van der Waals surface area contributed by atoms with Gasteiger partial charge in [0, 0.05) is 26.6 Å². The van der Waals surface area contributed by atoms with Gasteiger partial charge in [-0.15, -0.1) is 11.3 Å². The fourth-order valence-corrected chi connectivity index (χ4v) is 4.97. The number of halogens is 4. The third kappa shape index (κ3) is 3.14. The summed E-state index contributed by atoms with van der Waals surface area (Å²) in [7, 11) is -4.09. The molecular formula is C14H7Cl2F2NO2S2. The van der Waals surface area contributed by atoms with Crippen LogP contribution in [0.5, 0.6) is 0 Å². The molecule has 0 unspecified atom stereocenters. The molecule has 0 atom stereocenters. The molecule has 0 saturated carbocycles. The highest BCUT2D eigenvalue weighted by Crippen LogP contribution is 2.33. The topological polar surface area (TPSA) is 46.2 Å². The number of sulfonamides is 1. The van der Waals surface area contributed by atoms with Crippen LogP contribution in [-0.2, 0) is 10.0 Å². The van der Waals surface area contributed by atoms with Crippen LogP contribution < -0.4 is 4.72 Å². The average molecular weight is 394 g/mol. The molecule has 3 rings (SSSR count). The van der Waals surface area contributed by atoms with Crippen LogP contribution in [0.3, 0.4) is 0 Å². The summed E-state index contributed by atoms with van der Waals surface area (Å²) in [6.07, 6.45) is 0. The maximum absolute atomic E-state index is 13.8. The summed E-state index contributed by atoms with van der Waals surface area (Å²) < 4.78 is 54.8. The van der Waals surface area contributed by atoms with Crippen LogP contribution in [-0.4, -0.2) is 8.42 Å². The summed E-state index contributed by atoms with van der Waals surface area (Å²) in [5.41, 5.74) is -0.514. The van der Waals surface area contributed by atoms with E-state index >= 15 is 0 Å². The van der Waals surface area contributed by atoms with Crippen molar-refractivity contribution in [3.8, 4) is 0 Å². The van der Waals surface area contributed by atoms with E-state index in [1.807, 2.05) is 4.72 Å². The van der Waals surface area contributed by atoms with Crippen LogP contribution in [0.15, 0.2) is 40.6 Å². The predicted octanol–water partition coefficient (Wildman–Crippen LogP) is 5.29. The Morgan fingerprint density at radius 2 is 1.78 bits per heavy atom. The van der Waals surface area contributed by atoms with Gasteiger partial charge in [0.05, 0.1) is 10.7 Å². The van der Waals surface area contributed by atoms with Crippen molar-refractivity contribution >= 4 is 60.3 Å². The van der Waals surface area contributed by atoms with Crippen LogP contribution in [0.1, 0.15) is 0 Å². The number of thiophene rings is 1. The van der Waals surface area contributed by atoms with Gasteiger partial charge in [0.15, 0.2) is 0 Å². The van der Waals surface area contributed by atoms with Crippen molar-refractivity contribution in [1.82, 2.24) is 0 Å². The van der Waals surface area contributed by atoms with Crippen LogP contribution in [0.4, 0.5) is 14.5 Å². The van der Waals surface area contributed by atoms with E-state index in [0.29, 0.717) is 27.2 Å². The molecule has 0 spiro atoms. The molecule has 0 aliphatic carbocycles. The summed E-state index contributed by atoms with van der Waals surface area (Å²) in [6, 6.07) is 6.14. The van der Waals surface area contributed by atoms with Gasteiger partial charge in [-0.1, -0.05) is 29.3 Å². The van der Waals surface area contributed by atoms with Crippen LogP contribution in [0.25, 0.3) is 10.1 Å². The molecular weight excluding hydrogens is 387 g/mol. The third-order valence-electron chi connectivity index (χ3n) is 3.05. The van der Waals surface area contributed by atoms with Gasteiger partial charge < -0.3 is 0 Å². The standard InChI is InChI=1S/C14H7Cl2F2NO2S2/c15-7-1-2-8-13(3-7)22-6-14(8)23(20,21)19-12-5-10(17)9(16)4-11(12)18/h1-6,19H. The fourth-order valence-electron chi connectivity index (χ4n) is 1.99. The Balaban J connectivity index is 2.06. The van der Waals surface area contributed by atoms with Gasteiger partial charge in [-0.05, 0) is 18.2 Å². The molecule has 0 aliphatic rings. The highest BCUT2D eigenvalue weighted by atomic mass is 35.5. The molecule has 3 aromatic rings. The number of rotatable bonds is 3. The Morgan fingerprint density at radius 3 is 2.52 bits per heavy atom. The van der Waals surface area contributed by atoms with E-state index < -0.39 is 32.4 Å². The van der Waals surface area contributed by atoms with Crippen molar-refractivity contribution in [2.24, 2.45) is 0 Å². The van der Waals surface area contributed by atoms with Gasteiger partial charge in [0.2, 0.25) is 0 Å². The van der Waals surface area contributed by atoms with Gasteiger partial charge in [-0.2, -0.15) is 0 Å². The minimum absolute atomic E-state index is 0.0380.